The number of hydrogen-bond donors (Lipinski definition) is 2. The van der Waals surface area contributed by atoms with Crippen molar-refractivity contribution in [3.05, 3.63) is 20.8 Å². The van der Waals surface area contributed by atoms with Crippen LogP contribution in [-0.4, -0.2) is 37.5 Å². The Morgan fingerprint density at radius 1 is 1.71 bits per heavy atom. The molecule has 0 saturated carbocycles. The number of halogens is 1. The molecule has 0 fully saturated rings. The molecule has 17 heavy (non-hydrogen) atoms. The van der Waals surface area contributed by atoms with Crippen molar-refractivity contribution in [2.45, 2.75) is 13.0 Å². The van der Waals surface area contributed by atoms with E-state index in [9.17, 15) is 4.79 Å². The quantitative estimate of drug-likeness (QED) is 0.837. The number of rotatable bonds is 6. The zero-order valence-corrected chi connectivity index (χ0v) is 12.5. The van der Waals surface area contributed by atoms with Gasteiger partial charge in [0.2, 0.25) is 5.91 Å². The third-order valence-corrected chi connectivity index (χ3v) is 4.23. The molecule has 1 unspecified atom stereocenters. The van der Waals surface area contributed by atoms with E-state index in [0.29, 0.717) is 19.6 Å². The van der Waals surface area contributed by atoms with E-state index in [1.807, 2.05) is 24.3 Å². The van der Waals surface area contributed by atoms with Gasteiger partial charge in [-0.2, -0.15) is 0 Å². The summed E-state index contributed by atoms with van der Waals surface area (Å²) in [5.41, 5.74) is 5.78. The van der Waals surface area contributed by atoms with Crippen molar-refractivity contribution in [1.29, 1.82) is 0 Å². The molecular weight excluding hydrogens is 302 g/mol. The number of nitrogens with one attached hydrogen (secondary N) is 1. The highest BCUT2D eigenvalue weighted by molar-refractivity contribution is 9.10. The molecule has 1 amide bonds. The van der Waals surface area contributed by atoms with Gasteiger partial charge in [-0.1, -0.05) is 0 Å². The van der Waals surface area contributed by atoms with Crippen LogP contribution < -0.4 is 11.1 Å². The molecule has 3 N–H and O–H groups in total. The topological polar surface area (TPSA) is 58.4 Å². The molecule has 0 aromatic carbocycles. The average molecular weight is 320 g/mol. The minimum Gasteiger partial charge on any atom is -0.355 e. The summed E-state index contributed by atoms with van der Waals surface area (Å²) in [6, 6.07) is 2.14. The molecule has 0 bridgehead atoms. The highest BCUT2D eigenvalue weighted by Gasteiger charge is 2.19. The highest BCUT2D eigenvalue weighted by atomic mass is 79.9. The van der Waals surface area contributed by atoms with Gasteiger partial charge in [-0.25, -0.2) is 0 Å². The Kier molecular flexibility index (Phi) is 6.11. The van der Waals surface area contributed by atoms with Crippen molar-refractivity contribution >= 4 is 33.2 Å². The first-order chi connectivity index (χ1) is 8.08. The maximum atomic E-state index is 11.5. The Balaban J connectivity index is 2.64. The number of nitrogens with two attached hydrogens (primary N) is 1. The molecule has 6 heteroatoms. The van der Waals surface area contributed by atoms with Crippen LogP contribution in [0.5, 0.6) is 0 Å². The Morgan fingerprint density at radius 2 is 2.41 bits per heavy atom. The van der Waals surface area contributed by atoms with Crippen LogP contribution in [-0.2, 0) is 4.79 Å². The Morgan fingerprint density at radius 3 is 2.88 bits per heavy atom. The van der Waals surface area contributed by atoms with Gasteiger partial charge in [0.05, 0.1) is 12.6 Å². The zero-order chi connectivity index (χ0) is 12.8. The summed E-state index contributed by atoms with van der Waals surface area (Å²) >= 11 is 5.08. The summed E-state index contributed by atoms with van der Waals surface area (Å²) in [6.07, 6.45) is 0. The first-order valence-electron chi connectivity index (χ1n) is 5.49. The van der Waals surface area contributed by atoms with Gasteiger partial charge in [0.15, 0.2) is 0 Å². The van der Waals surface area contributed by atoms with Gasteiger partial charge in [0, 0.05) is 27.8 Å². The van der Waals surface area contributed by atoms with Crippen molar-refractivity contribution in [2.24, 2.45) is 5.73 Å². The summed E-state index contributed by atoms with van der Waals surface area (Å²) in [6.45, 7) is 3.44. The van der Waals surface area contributed by atoms with Crippen molar-refractivity contribution in [3.8, 4) is 0 Å². The highest BCUT2D eigenvalue weighted by Crippen LogP contribution is 2.28. The van der Waals surface area contributed by atoms with Gasteiger partial charge >= 0.3 is 0 Å². The smallest absolute Gasteiger partial charge is 0.234 e. The van der Waals surface area contributed by atoms with E-state index >= 15 is 0 Å². The second-order valence-electron chi connectivity index (χ2n) is 3.79. The molecule has 1 aromatic heterocycles. The lowest BCUT2D eigenvalue weighted by Gasteiger charge is -2.25. The molecule has 0 aliphatic carbocycles. The fourth-order valence-corrected chi connectivity index (χ4v) is 3.23. The third-order valence-electron chi connectivity index (χ3n) is 2.44. The summed E-state index contributed by atoms with van der Waals surface area (Å²) in [4.78, 5) is 14.7. The van der Waals surface area contributed by atoms with E-state index in [4.69, 9.17) is 5.73 Å². The summed E-state index contributed by atoms with van der Waals surface area (Å²) in [7, 11) is 1.92. The van der Waals surface area contributed by atoms with Gasteiger partial charge in [-0.15, -0.1) is 11.3 Å². The second kappa shape index (κ2) is 7.10. The number of carbonyl (C=O) groups is 1. The van der Waals surface area contributed by atoms with Crippen molar-refractivity contribution in [2.75, 3.05) is 26.7 Å². The van der Waals surface area contributed by atoms with Crippen LogP contribution in [0, 0.1) is 0 Å². The lowest BCUT2D eigenvalue weighted by molar-refractivity contribution is -0.122. The van der Waals surface area contributed by atoms with E-state index in [2.05, 4.69) is 27.3 Å². The number of amides is 1. The molecule has 96 valence electrons. The molecule has 4 nitrogen and oxygen atoms in total. The first kappa shape index (κ1) is 14.6. The minimum absolute atomic E-state index is 0.0315. The molecule has 0 saturated heterocycles. The molecule has 0 aliphatic rings. The standard InChI is InChI=1S/C11H18BrN3OS/c1-3-14-11(16)6-15(2)9(5-13)10-4-8(12)7-17-10/h4,7,9H,3,5-6,13H2,1-2H3,(H,14,16). The van der Waals surface area contributed by atoms with Crippen molar-refractivity contribution in [1.82, 2.24) is 10.2 Å². The van der Waals surface area contributed by atoms with E-state index in [0.717, 1.165) is 4.47 Å². The van der Waals surface area contributed by atoms with Gasteiger partial charge < -0.3 is 11.1 Å². The summed E-state index contributed by atoms with van der Waals surface area (Å²) in [5, 5.41) is 4.81. The van der Waals surface area contributed by atoms with Gasteiger partial charge in [0.1, 0.15) is 0 Å². The maximum Gasteiger partial charge on any atom is 0.234 e. The maximum absolute atomic E-state index is 11.5. The molecule has 0 spiro atoms. The Hall–Kier alpha value is -0.430. The first-order valence-corrected chi connectivity index (χ1v) is 7.16. The number of likely N-dealkylation sites (N-methyl/N-ethyl adjacent to an activating group) is 2. The summed E-state index contributed by atoms with van der Waals surface area (Å²) in [5.74, 6) is 0.0315. The van der Waals surface area contributed by atoms with Gasteiger partial charge in [-0.05, 0) is 36.0 Å². The van der Waals surface area contributed by atoms with Crippen LogP contribution in [0.25, 0.3) is 0 Å². The second-order valence-corrected chi connectivity index (χ2v) is 5.65. The molecule has 1 atom stereocenters. The number of thiophene rings is 1. The fraction of sp³-hybridized carbons (Fsp3) is 0.545. The molecule has 1 aromatic rings. The van der Waals surface area contributed by atoms with Crippen LogP contribution in [0.1, 0.15) is 17.8 Å². The van der Waals surface area contributed by atoms with Crippen molar-refractivity contribution in [3.63, 3.8) is 0 Å². The molecular formula is C11H18BrN3OS. The molecule has 0 aliphatic heterocycles. The lowest BCUT2D eigenvalue weighted by Crippen LogP contribution is -2.39. The predicted octanol–water partition coefficient (Wildman–Crippen LogP) is 1.58. The monoisotopic (exact) mass is 319 g/mol. The largest absolute Gasteiger partial charge is 0.355 e. The SMILES string of the molecule is CCNC(=O)CN(C)C(CN)c1cc(Br)cs1. The lowest BCUT2D eigenvalue weighted by atomic mass is 10.2. The van der Waals surface area contributed by atoms with Crippen molar-refractivity contribution < 1.29 is 4.79 Å². The average Bonchev–Trinajstić information content (AvgIpc) is 2.66. The van der Waals surface area contributed by atoms with Gasteiger partial charge in [0.25, 0.3) is 0 Å². The Bertz CT molecular complexity index is 369. The summed E-state index contributed by atoms with van der Waals surface area (Å²) < 4.78 is 1.06. The number of carbonyl (C=O) groups excluding carboxylic acids is 1. The van der Waals surface area contributed by atoms with Crippen LogP contribution in [0.15, 0.2) is 15.9 Å². The minimum atomic E-state index is 0.0315. The number of hydrogen-bond acceptors (Lipinski definition) is 4. The normalized spacial score (nSPS) is 12.8. The van der Waals surface area contributed by atoms with E-state index < -0.39 is 0 Å². The molecule has 0 radical (unpaired) electrons. The van der Waals surface area contributed by atoms with Crippen LogP contribution in [0.2, 0.25) is 0 Å². The third kappa shape index (κ3) is 4.39. The van der Waals surface area contributed by atoms with Crippen LogP contribution in [0.3, 0.4) is 0 Å². The van der Waals surface area contributed by atoms with Crippen LogP contribution >= 0.6 is 27.3 Å². The Labute approximate surface area is 114 Å². The van der Waals surface area contributed by atoms with E-state index in [1.54, 1.807) is 11.3 Å². The van der Waals surface area contributed by atoms with Gasteiger partial charge in [-0.3, -0.25) is 9.69 Å². The molecule has 1 heterocycles. The predicted molar refractivity (Wildman–Crippen MR) is 75.1 cm³/mol. The van der Waals surface area contributed by atoms with E-state index in [1.165, 1.54) is 4.88 Å². The van der Waals surface area contributed by atoms with Crippen LogP contribution in [0.4, 0.5) is 0 Å². The molecule has 1 rings (SSSR count). The fourth-order valence-electron chi connectivity index (χ4n) is 1.61. The van der Waals surface area contributed by atoms with E-state index in [-0.39, 0.29) is 11.9 Å². The zero-order valence-electron chi connectivity index (χ0n) is 10.1. The number of nitrogens with zero attached hydrogens (tertiary/aromatic N) is 1.